The van der Waals surface area contributed by atoms with Crippen molar-refractivity contribution in [3.05, 3.63) is 11.2 Å². The Balaban J connectivity index is 1.86. The van der Waals surface area contributed by atoms with Crippen LogP contribution in [0.3, 0.4) is 0 Å². The lowest BCUT2D eigenvalue weighted by Gasteiger charge is -2.34. The Morgan fingerprint density at radius 2 is 2.12 bits per heavy atom. The predicted octanol–water partition coefficient (Wildman–Crippen LogP) is 0.860. The quantitative estimate of drug-likeness (QED) is 0.686. The maximum Gasteiger partial charge on any atom is 0.131 e. The first-order chi connectivity index (χ1) is 7.70. The lowest BCUT2D eigenvalue weighted by molar-refractivity contribution is 0.0967. The molecule has 0 aromatic heterocycles. The van der Waals surface area contributed by atoms with Gasteiger partial charge in [-0.25, -0.2) is 0 Å². The van der Waals surface area contributed by atoms with Gasteiger partial charge in [0, 0.05) is 19.3 Å². The van der Waals surface area contributed by atoms with Gasteiger partial charge in [0.25, 0.3) is 0 Å². The molecule has 0 saturated heterocycles. The molecule has 1 unspecified atom stereocenters. The third kappa shape index (κ3) is 2.64. The standard InChI is InChI=1S/C11H21N3OS/c1-12-11-13-7-10(16-11)14(2)8-3-5-9(15)6-4-8/h7-9,11-13,15H,3-6H2,1-2H3. The number of nitrogens with zero attached hydrogens (tertiary/aromatic N) is 1. The zero-order chi connectivity index (χ0) is 11.5. The smallest absolute Gasteiger partial charge is 0.131 e. The monoisotopic (exact) mass is 243 g/mol. The van der Waals surface area contributed by atoms with Crippen molar-refractivity contribution < 1.29 is 5.11 Å². The number of hydrogen-bond acceptors (Lipinski definition) is 5. The number of aliphatic hydroxyl groups is 1. The molecular formula is C11H21N3OS. The summed E-state index contributed by atoms with van der Waals surface area (Å²) in [5, 5.41) is 17.3. The molecule has 0 amide bonds. The van der Waals surface area contributed by atoms with Gasteiger partial charge in [-0.2, -0.15) is 0 Å². The van der Waals surface area contributed by atoms with Crippen molar-refractivity contribution in [2.24, 2.45) is 0 Å². The van der Waals surface area contributed by atoms with E-state index in [0.717, 1.165) is 25.7 Å². The molecule has 0 aromatic carbocycles. The highest BCUT2D eigenvalue weighted by atomic mass is 32.2. The van der Waals surface area contributed by atoms with Gasteiger partial charge in [-0.05, 0) is 32.7 Å². The van der Waals surface area contributed by atoms with E-state index in [2.05, 4.69) is 28.8 Å². The molecule has 1 heterocycles. The minimum absolute atomic E-state index is 0.0713. The van der Waals surface area contributed by atoms with Crippen molar-refractivity contribution in [2.45, 2.75) is 43.3 Å². The van der Waals surface area contributed by atoms with E-state index in [0.29, 0.717) is 11.5 Å². The minimum Gasteiger partial charge on any atom is -0.393 e. The van der Waals surface area contributed by atoms with Gasteiger partial charge in [0.1, 0.15) is 5.50 Å². The summed E-state index contributed by atoms with van der Waals surface area (Å²) in [6.45, 7) is 0. The van der Waals surface area contributed by atoms with Crippen LogP contribution in [0.25, 0.3) is 0 Å². The maximum absolute atomic E-state index is 9.49. The first-order valence-electron chi connectivity index (χ1n) is 5.91. The van der Waals surface area contributed by atoms with Gasteiger partial charge in [0.05, 0.1) is 11.1 Å². The van der Waals surface area contributed by atoms with Crippen molar-refractivity contribution in [2.75, 3.05) is 14.1 Å². The summed E-state index contributed by atoms with van der Waals surface area (Å²) in [7, 11) is 4.11. The summed E-state index contributed by atoms with van der Waals surface area (Å²) in [4.78, 5) is 2.35. The first kappa shape index (κ1) is 12.1. The molecule has 0 spiro atoms. The Bertz CT molecular complexity index is 264. The zero-order valence-corrected chi connectivity index (χ0v) is 10.8. The van der Waals surface area contributed by atoms with Crippen molar-refractivity contribution >= 4 is 11.8 Å². The number of thioether (sulfide) groups is 1. The SMILES string of the molecule is CNC1NC=C(N(C)C2CCC(O)CC2)S1. The van der Waals surface area contributed by atoms with Crippen molar-refractivity contribution in [3.63, 3.8) is 0 Å². The zero-order valence-electron chi connectivity index (χ0n) is 9.94. The molecule has 16 heavy (non-hydrogen) atoms. The second-order valence-corrected chi connectivity index (χ2v) is 5.63. The molecule has 2 aliphatic rings. The van der Waals surface area contributed by atoms with Gasteiger partial charge in [-0.3, -0.25) is 5.32 Å². The Morgan fingerprint density at radius 3 is 2.69 bits per heavy atom. The number of nitrogens with one attached hydrogen (secondary N) is 2. The molecule has 1 atom stereocenters. The van der Waals surface area contributed by atoms with E-state index >= 15 is 0 Å². The van der Waals surface area contributed by atoms with Gasteiger partial charge in [-0.15, -0.1) is 0 Å². The fourth-order valence-corrected chi connectivity index (χ4v) is 3.24. The fourth-order valence-electron chi connectivity index (χ4n) is 2.29. The molecule has 1 aliphatic heterocycles. The summed E-state index contributed by atoms with van der Waals surface area (Å²) in [5.41, 5.74) is 0.298. The highest BCUT2D eigenvalue weighted by Gasteiger charge is 2.27. The summed E-state index contributed by atoms with van der Waals surface area (Å²) in [6, 6.07) is 0.583. The van der Waals surface area contributed by atoms with Gasteiger partial charge < -0.3 is 15.3 Å². The van der Waals surface area contributed by atoms with Gasteiger partial charge in [0.2, 0.25) is 0 Å². The van der Waals surface area contributed by atoms with Gasteiger partial charge >= 0.3 is 0 Å². The molecule has 3 N–H and O–H groups in total. The van der Waals surface area contributed by atoms with Crippen molar-refractivity contribution in [3.8, 4) is 0 Å². The van der Waals surface area contributed by atoms with Crippen LogP contribution in [0.5, 0.6) is 0 Å². The molecule has 92 valence electrons. The van der Waals surface area contributed by atoms with E-state index in [1.165, 1.54) is 5.03 Å². The summed E-state index contributed by atoms with van der Waals surface area (Å²) in [6.07, 6.45) is 6.08. The van der Waals surface area contributed by atoms with Crippen molar-refractivity contribution in [1.82, 2.24) is 15.5 Å². The van der Waals surface area contributed by atoms with Crippen molar-refractivity contribution in [1.29, 1.82) is 0 Å². The Labute approximate surface area is 101 Å². The molecule has 1 saturated carbocycles. The van der Waals surface area contributed by atoms with E-state index in [1.807, 2.05) is 18.8 Å². The average Bonchev–Trinajstić information content (AvgIpc) is 2.77. The van der Waals surface area contributed by atoms with E-state index in [-0.39, 0.29) is 6.10 Å². The molecular weight excluding hydrogens is 222 g/mol. The topological polar surface area (TPSA) is 47.5 Å². The first-order valence-corrected chi connectivity index (χ1v) is 6.79. The lowest BCUT2D eigenvalue weighted by Crippen LogP contribution is -2.35. The largest absolute Gasteiger partial charge is 0.393 e. The molecule has 2 rings (SSSR count). The van der Waals surface area contributed by atoms with E-state index < -0.39 is 0 Å². The predicted molar refractivity (Wildman–Crippen MR) is 67.7 cm³/mol. The maximum atomic E-state index is 9.49. The third-order valence-corrected chi connectivity index (χ3v) is 4.68. The van der Waals surface area contributed by atoms with Gasteiger partial charge in [0.15, 0.2) is 0 Å². The second kappa shape index (κ2) is 5.29. The van der Waals surface area contributed by atoms with Gasteiger partial charge in [-0.1, -0.05) is 11.8 Å². The molecule has 0 bridgehead atoms. The summed E-state index contributed by atoms with van der Waals surface area (Å²) >= 11 is 1.82. The lowest BCUT2D eigenvalue weighted by atomic mass is 9.92. The molecule has 4 nitrogen and oxygen atoms in total. The fraction of sp³-hybridized carbons (Fsp3) is 0.818. The van der Waals surface area contributed by atoms with Crippen LogP contribution in [0.15, 0.2) is 11.2 Å². The molecule has 1 aliphatic carbocycles. The average molecular weight is 243 g/mol. The van der Waals surface area contributed by atoms with Crippen LogP contribution in [-0.2, 0) is 0 Å². The van der Waals surface area contributed by atoms with Crippen LogP contribution < -0.4 is 10.6 Å². The molecule has 0 radical (unpaired) electrons. The van der Waals surface area contributed by atoms with Crippen LogP contribution in [-0.4, -0.2) is 41.7 Å². The van der Waals surface area contributed by atoms with E-state index in [4.69, 9.17) is 0 Å². The molecule has 0 aromatic rings. The van der Waals surface area contributed by atoms with Crippen LogP contribution in [0.1, 0.15) is 25.7 Å². The molecule has 1 fully saturated rings. The highest BCUT2D eigenvalue weighted by Crippen LogP contribution is 2.32. The number of hydrogen-bond donors (Lipinski definition) is 3. The van der Waals surface area contributed by atoms with Crippen LogP contribution in [0, 0.1) is 0 Å². The normalized spacial score (nSPS) is 34.4. The number of aliphatic hydroxyl groups excluding tert-OH is 1. The van der Waals surface area contributed by atoms with Crippen LogP contribution in [0.4, 0.5) is 0 Å². The minimum atomic E-state index is -0.0713. The Kier molecular flexibility index (Phi) is 4.00. The summed E-state index contributed by atoms with van der Waals surface area (Å²) < 4.78 is 0. The molecule has 5 heteroatoms. The summed E-state index contributed by atoms with van der Waals surface area (Å²) in [5.74, 6) is 0. The highest BCUT2D eigenvalue weighted by molar-refractivity contribution is 8.03. The Hall–Kier alpha value is -0.390. The number of rotatable bonds is 3. The van der Waals surface area contributed by atoms with Crippen LogP contribution >= 0.6 is 11.8 Å². The van der Waals surface area contributed by atoms with E-state index in [9.17, 15) is 5.11 Å². The Morgan fingerprint density at radius 1 is 1.44 bits per heavy atom. The van der Waals surface area contributed by atoms with Crippen LogP contribution in [0.2, 0.25) is 0 Å². The second-order valence-electron chi connectivity index (χ2n) is 4.51. The van der Waals surface area contributed by atoms with E-state index in [1.54, 1.807) is 0 Å². The third-order valence-electron chi connectivity index (χ3n) is 3.42.